The molecule has 0 saturated carbocycles. The van der Waals surface area contributed by atoms with Gasteiger partial charge >= 0.3 is 6.18 Å². The van der Waals surface area contributed by atoms with Crippen molar-refractivity contribution < 1.29 is 23.1 Å². The van der Waals surface area contributed by atoms with E-state index < -0.39 is 31.1 Å². The van der Waals surface area contributed by atoms with Crippen LogP contribution in [0.25, 0.3) is 0 Å². The van der Waals surface area contributed by atoms with Crippen molar-refractivity contribution in [3.8, 4) is 5.75 Å². The summed E-state index contributed by atoms with van der Waals surface area (Å²) >= 11 is 0. The number of carbonyl (C=O) groups excluding carboxylic acids is 1. The van der Waals surface area contributed by atoms with Gasteiger partial charge in [0, 0.05) is 13.6 Å². The van der Waals surface area contributed by atoms with Crippen molar-refractivity contribution in [2.24, 2.45) is 5.73 Å². The quantitative estimate of drug-likeness (QED) is 0.867. The zero-order chi connectivity index (χ0) is 15.3. The average Bonchev–Trinajstić information content (AvgIpc) is 2.36. The molecule has 0 heterocycles. The molecule has 0 radical (unpaired) electrons. The molecule has 0 spiro atoms. The van der Waals surface area contributed by atoms with Gasteiger partial charge in [-0.25, -0.2) is 0 Å². The van der Waals surface area contributed by atoms with Crippen molar-refractivity contribution in [2.75, 3.05) is 13.6 Å². The Hall–Kier alpha value is -1.76. The highest BCUT2D eigenvalue weighted by molar-refractivity contribution is 5.81. The Labute approximate surface area is 115 Å². The summed E-state index contributed by atoms with van der Waals surface area (Å²) in [5.74, 6) is -0.446. The SMILES string of the molecule is CN(CCC(F)(F)F)C(=O)[C@@H](N)Cc1ccc(O)cc1. The first-order valence-electron chi connectivity index (χ1n) is 6.04. The van der Waals surface area contributed by atoms with Crippen LogP contribution in [0.2, 0.25) is 0 Å². The Kier molecular flexibility index (Phi) is 5.38. The first-order valence-corrected chi connectivity index (χ1v) is 6.04. The molecular formula is C13H17F3N2O2. The Balaban J connectivity index is 2.51. The summed E-state index contributed by atoms with van der Waals surface area (Å²) in [6.07, 6.45) is -5.15. The third kappa shape index (κ3) is 5.48. The Morgan fingerprint density at radius 3 is 2.40 bits per heavy atom. The van der Waals surface area contributed by atoms with E-state index in [0.717, 1.165) is 10.5 Å². The van der Waals surface area contributed by atoms with Crippen LogP contribution in [0.4, 0.5) is 13.2 Å². The molecule has 0 aromatic heterocycles. The third-order valence-electron chi connectivity index (χ3n) is 2.82. The minimum absolute atomic E-state index is 0.0935. The van der Waals surface area contributed by atoms with Gasteiger partial charge in [0.2, 0.25) is 5.91 Å². The number of hydrogen-bond donors (Lipinski definition) is 2. The van der Waals surface area contributed by atoms with Crippen LogP contribution in [-0.2, 0) is 11.2 Å². The van der Waals surface area contributed by atoms with Gasteiger partial charge in [-0.1, -0.05) is 12.1 Å². The number of aromatic hydroxyl groups is 1. The van der Waals surface area contributed by atoms with Gasteiger partial charge in [0.15, 0.2) is 0 Å². The molecule has 112 valence electrons. The number of likely N-dealkylation sites (N-methyl/N-ethyl adjacent to an activating group) is 1. The van der Waals surface area contributed by atoms with E-state index in [2.05, 4.69) is 0 Å². The van der Waals surface area contributed by atoms with Crippen LogP contribution in [0.3, 0.4) is 0 Å². The number of carbonyl (C=O) groups is 1. The molecule has 1 aromatic carbocycles. The molecule has 0 unspecified atom stereocenters. The van der Waals surface area contributed by atoms with E-state index in [-0.39, 0.29) is 12.2 Å². The van der Waals surface area contributed by atoms with Crippen molar-refractivity contribution >= 4 is 5.91 Å². The van der Waals surface area contributed by atoms with E-state index >= 15 is 0 Å². The largest absolute Gasteiger partial charge is 0.508 e. The molecule has 1 amide bonds. The minimum Gasteiger partial charge on any atom is -0.508 e. The monoisotopic (exact) mass is 290 g/mol. The van der Waals surface area contributed by atoms with E-state index in [9.17, 15) is 18.0 Å². The second-order valence-electron chi connectivity index (χ2n) is 4.60. The van der Waals surface area contributed by atoms with Crippen LogP contribution >= 0.6 is 0 Å². The second kappa shape index (κ2) is 6.60. The maximum atomic E-state index is 12.1. The summed E-state index contributed by atoms with van der Waals surface area (Å²) in [6.45, 7) is -0.411. The van der Waals surface area contributed by atoms with Gasteiger partial charge in [-0.3, -0.25) is 4.79 Å². The van der Waals surface area contributed by atoms with Crippen molar-refractivity contribution in [1.29, 1.82) is 0 Å². The normalized spacial score (nSPS) is 13.1. The number of phenolic OH excluding ortho intramolecular Hbond substituents is 1. The van der Waals surface area contributed by atoms with Crippen molar-refractivity contribution in [1.82, 2.24) is 4.90 Å². The lowest BCUT2D eigenvalue weighted by molar-refractivity contribution is -0.144. The molecule has 4 nitrogen and oxygen atoms in total. The number of nitrogens with two attached hydrogens (primary N) is 1. The number of hydrogen-bond acceptors (Lipinski definition) is 3. The van der Waals surface area contributed by atoms with Crippen LogP contribution in [0, 0.1) is 0 Å². The number of amides is 1. The lowest BCUT2D eigenvalue weighted by Gasteiger charge is -2.22. The van der Waals surface area contributed by atoms with Gasteiger partial charge in [0.1, 0.15) is 5.75 Å². The smallest absolute Gasteiger partial charge is 0.390 e. The fourth-order valence-corrected chi connectivity index (χ4v) is 1.66. The predicted octanol–water partition coefficient (Wildman–Crippen LogP) is 1.67. The number of nitrogens with zero attached hydrogens (tertiary/aromatic N) is 1. The summed E-state index contributed by atoms with van der Waals surface area (Å²) in [5.41, 5.74) is 6.42. The molecule has 1 atom stereocenters. The fourth-order valence-electron chi connectivity index (χ4n) is 1.66. The van der Waals surface area contributed by atoms with Gasteiger partial charge in [0.05, 0.1) is 12.5 Å². The van der Waals surface area contributed by atoms with Crippen molar-refractivity contribution in [3.63, 3.8) is 0 Å². The van der Waals surface area contributed by atoms with E-state index in [1.807, 2.05) is 0 Å². The molecule has 0 aliphatic heterocycles. The van der Waals surface area contributed by atoms with Crippen LogP contribution in [0.5, 0.6) is 5.75 Å². The zero-order valence-corrected chi connectivity index (χ0v) is 11.0. The number of alkyl halides is 3. The molecule has 0 aliphatic carbocycles. The first kappa shape index (κ1) is 16.3. The lowest BCUT2D eigenvalue weighted by Crippen LogP contribution is -2.44. The molecule has 0 fully saturated rings. The highest BCUT2D eigenvalue weighted by Crippen LogP contribution is 2.19. The Morgan fingerprint density at radius 2 is 1.90 bits per heavy atom. The molecular weight excluding hydrogens is 273 g/mol. The van der Waals surface area contributed by atoms with Gasteiger partial charge in [-0.05, 0) is 24.1 Å². The Morgan fingerprint density at radius 1 is 1.35 bits per heavy atom. The Bertz CT molecular complexity index is 446. The van der Waals surface area contributed by atoms with E-state index in [0.29, 0.717) is 0 Å². The number of halogens is 3. The van der Waals surface area contributed by atoms with E-state index in [4.69, 9.17) is 10.8 Å². The molecule has 1 rings (SSSR count). The average molecular weight is 290 g/mol. The summed E-state index contributed by atoms with van der Waals surface area (Å²) in [6, 6.07) is 5.23. The molecule has 7 heteroatoms. The standard InChI is InChI=1S/C13H17F3N2O2/c1-18(7-6-13(14,15)16)12(20)11(17)8-9-2-4-10(19)5-3-9/h2-5,11,19H,6-8,17H2,1H3/t11-/m0/s1. The molecule has 0 aliphatic rings. The van der Waals surface area contributed by atoms with Crippen LogP contribution in [-0.4, -0.2) is 41.7 Å². The van der Waals surface area contributed by atoms with Crippen molar-refractivity contribution in [2.45, 2.75) is 25.1 Å². The molecule has 3 N–H and O–H groups in total. The topological polar surface area (TPSA) is 66.6 Å². The van der Waals surface area contributed by atoms with Gasteiger partial charge in [-0.2, -0.15) is 13.2 Å². The molecule has 1 aromatic rings. The highest BCUT2D eigenvalue weighted by atomic mass is 19.4. The van der Waals surface area contributed by atoms with Gasteiger partial charge in [0.25, 0.3) is 0 Å². The van der Waals surface area contributed by atoms with Crippen LogP contribution < -0.4 is 5.73 Å². The fraction of sp³-hybridized carbons (Fsp3) is 0.462. The molecule has 0 bridgehead atoms. The summed E-state index contributed by atoms with van der Waals surface area (Å²) in [4.78, 5) is 12.8. The summed E-state index contributed by atoms with van der Waals surface area (Å²) in [7, 11) is 1.30. The highest BCUT2D eigenvalue weighted by Gasteiger charge is 2.29. The summed E-state index contributed by atoms with van der Waals surface area (Å²) < 4.78 is 36.2. The summed E-state index contributed by atoms with van der Waals surface area (Å²) in [5, 5.41) is 9.12. The van der Waals surface area contributed by atoms with Crippen molar-refractivity contribution in [3.05, 3.63) is 29.8 Å². The molecule has 0 saturated heterocycles. The number of benzene rings is 1. The maximum Gasteiger partial charge on any atom is 0.390 e. The predicted molar refractivity (Wildman–Crippen MR) is 68.1 cm³/mol. The van der Waals surface area contributed by atoms with E-state index in [1.165, 1.54) is 19.2 Å². The van der Waals surface area contributed by atoms with E-state index in [1.54, 1.807) is 12.1 Å². The zero-order valence-electron chi connectivity index (χ0n) is 11.0. The maximum absolute atomic E-state index is 12.1. The van der Waals surface area contributed by atoms with Crippen LogP contribution in [0.1, 0.15) is 12.0 Å². The number of phenols is 1. The van der Waals surface area contributed by atoms with Crippen LogP contribution in [0.15, 0.2) is 24.3 Å². The second-order valence-corrected chi connectivity index (χ2v) is 4.60. The third-order valence-corrected chi connectivity index (χ3v) is 2.82. The van der Waals surface area contributed by atoms with Gasteiger partial charge < -0.3 is 15.7 Å². The molecule has 20 heavy (non-hydrogen) atoms. The minimum atomic E-state index is -4.30. The lowest BCUT2D eigenvalue weighted by atomic mass is 10.1. The first-order chi connectivity index (χ1) is 9.19. The number of rotatable bonds is 5. The van der Waals surface area contributed by atoms with Gasteiger partial charge in [-0.15, -0.1) is 0 Å².